The summed E-state index contributed by atoms with van der Waals surface area (Å²) in [7, 11) is 0. The molecule has 0 saturated heterocycles. The summed E-state index contributed by atoms with van der Waals surface area (Å²) in [5, 5.41) is 0. The van der Waals surface area contributed by atoms with E-state index in [2.05, 4.69) is 0 Å². The predicted octanol–water partition coefficient (Wildman–Crippen LogP) is 3.04. The van der Waals surface area contributed by atoms with Crippen molar-refractivity contribution in [2.24, 2.45) is 23.7 Å². The van der Waals surface area contributed by atoms with Crippen LogP contribution >= 0.6 is 0 Å². The molecule has 3 atom stereocenters. The Kier molecular flexibility index (Phi) is 1.96. The molecule has 3 aliphatic rings. The lowest BCUT2D eigenvalue weighted by atomic mass is 9.71. The molecule has 3 heteroatoms. The number of Topliss-reactive ketones (excluding diaryl/α,β-unsaturated/α-hetero) is 1. The summed E-state index contributed by atoms with van der Waals surface area (Å²) in [4.78, 5) is 12.0. The number of carbonyl (C=O) groups excluding carboxylic acids is 1. The van der Waals surface area contributed by atoms with Crippen molar-refractivity contribution in [1.29, 1.82) is 0 Å². The lowest BCUT2D eigenvalue weighted by Gasteiger charge is -2.36. The molecule has 0 radical (unpaired) electrons. The smallest absolute Gasteiger partial charge is 0.249 e. The third-order valence-electron chi connectivity index (χ3n) is 4.60. The van der Waals surface area contributed by atoms with E-state index in [0.717, 1.165) is 18.8 Å². The van der Waals surface area contributed by atoms with E-state index in [1.165, 1.54) is 12.8 Å². The monoisotopic (exact) mass is 214 g/mol. The summed E-state index contributed by atoms with van der Waals surface area (Å²) in [6, 6.07) is 0. The van der Waals surface area contributed by atoms with Crippen molar-refractivity contribution in [3.8, 4) is 0 Å². The van der Waals surface area contributed by atoms with Gasteiger partial charge in [-0.1, -0.05) is 6.42 Å². The molecule has 3 unspecified atom stereocenters. The molecule has 0 heterocycles. The first-order valence-corrected chi connectivity index (χ1v) is 5.97. The van der Waals surface area contributed by atoms with Crippen molar-refractivity contribution in [3.05, 3.63) is 0 Å². The first-order valence-electron chi connectivity index (χ1n) is 5.97. The van der Waals surface area contributed by atoms with E-state index in [-0.39, 0.29) is 30.5 Å². The van der Waals surface area contributed by atoms with Gasteiger partial charge in [-0.2, -0.15) is 0 Å². The standard InChI is InChI=1S/C12H16F2O/c13-12(14)5-9(6-12)11(15)10-4-7-1-2-8(10)3-7/h7-10H,1-6H2. The van der Waals surface area contributed by atoms with Gasteiger partial charge in [0.05, 0.1) is 0 Å². The quantitative estimate of drug-likeness (QED) is 0.690. The highest BCUT2D eigenvalue weighted by Crippen LogP contribution is 2.52. The van der Waals surface area contributed by atoms with Crippen molar-refractivity contribution in [1.82, 2.24) is 0 Å². The van der Waals surface area contributed by atoms with Crippen molar-refractivity contribution >= 4 is 5.78 Å². The number of hydrogen-bond acceptors (Lipinski definition) is 1. The number of rotatable bonds is 2. The Morgan fingerprint density at radius 3 is 2.33 bits per heavy atom. The van der Waals surface area contributed by atoms with E-state index in [1.807, 2.05) is 0 Å². The largest absolute Gasteiger partial charge is 0.299 e. The lowest BCUT2D eigenvalue weighted by Crippen LogP contribution is -2.43. The van der Waals surface area contributed by atoms with Gasteiger partial charge < -0.3 is 0 Å². The molecule has 3 fully saturated rings. The van der Waals surface area contributed by atoms with Crippen molar-refractivity contribution < 1.29 is 13.6 Å². The minimum absolute atomic E-state index is 0.143. The Hall–Kier alpha value is -0.470. The molecule has 0 aromatic carbocycles. The summed E-state index contributed by atoms with van der Waals surface area (Å²) < 4.78 is 25.3. The van der Waals surface area contributed by atoms with Crippen LogP contribution in [0.25, 0.3) is 0 Å². The molecule has 0 spiro atoms. The SMILES string of the molecule is O=C(C1CC(F)(F)C1)C1CC2CCC1C2. The summed E-state index contributed by atoms with van der Waals surface area (Å²) in [5.74, 6) is -1.29. The number of alkyl halides is 2. The summed E-state index contributed by atoms with van der Waals surface area (Å²) in [5.41, 5.74) is 0. The fourth-order valence-electron chi connectivity index (χ4n) is 3.76. The molecule has 2 bridgehead atoms. The zero-order valence-electron chi connectivity index (χ0n) is 8.72. The minimum Gasteiger partial charge on any atom is -0.299 e. The van der Waals surface area contributed by atoms with Gasteiger partial charge in [0.25, 0.3) is 0 Å². The Morgan fingerprint density at radius 1 is 1.13 bits per heavy atom. The third kappa shape index (κ3) is 1.51. The second-order valence-electron chi connectivity index (χ2n) is 5.64. The van der Waals surface area contributed by atoms with Crippen LogP contribution in [0.3, 0.4) is 0 Å². The molecule has 0 aromatic heterocycles. The van der Waals surface area contributed by atoms with E-state index >= 15 is 0 Å². The van der Waals surface area contributed by atoms with Crippen LogP contribution < -0.4 is 0 Å². The Morgan fingerprint density at radius 2 is 1.87 bits per heavy atom. The van der Waals surface area contributed by atoms with Crippen LogP contribution in [0, 0.1) is 23.7 Å². The van der Waals surface area contributed by atoms with Gasteiger partial charge in [-0.15, -0.1) is 0 Å². The van der Waals surface area contributed by atoms with Gasteiger partial charge in [0.2, 0.25) is 5.92 Å². The van der Waals surface area contributed by atoms with E-state index in [0.29, 0.717) is 5.92 Å². The second-order valence-corrected chi connectivity index (χ2v) is 5.64. The minimum atomic E-state index is -2.54. The van der Waals surface area contributed by atoms with Crippen LogP contribution in [0.4, 0.5) is 8.78 Å². The predicted molar refractivity (Wildman–Crippen MR) is 51.6 cm³/mol. The van der Waals surface area contributed by atoms with Gasteiger partial charge in [0.1, 0.15) is 5.78 Å². The molecular weight excluding hydrogens is 198 g/mol. The van der Waals surface area contributed by atoms with E-state index in [9.17, 15) is 13.6 Å². The molecule has 84 valence electrons. The van der Waals surface area contributed by atoms with Crippen LogP contribution in [0.5, 0.6) is 0 Å². The van der Waals surface area contributed by atoms with Gasteiger partial charge in [-0.3, -0.25) is 4.79 Å². The zero-order valence-corrected chi connectivity index (χ0v) is 8.72. The molecule has 3 aliphatic carbocycles. The van der Waals surface area contributed by atoms with Crippen LogP contribution in [-0.4, -0.2) is 11.7 Å². The number of halogens is 2. The normalized spacial score (nSPS) is 42.9. The maximum atomic E-state index is 12.7. The van der Waals surface area contributed by atoms with Crippen LogP contribution in [0.1, 0.15) is 38.5 Å². The lowest BCUT2D eigenvalue weighted by molar-refractivity contribution is -0.153. The van der Waals surface area contributed by atoms with Gasteiger partial charge in [-0.05, 0) is 31.1 Å². The molecule has 3 saturated carbocycles. The Balaban J connectivity index is 1.62. The summed E-state index contributed by atoms with van der Waals surface area (Å²) >= 11 is 0. The highest BCUT2D eigenvalue weighted by Gasteiger charge is 2.53. The molecule has 0 N–H and O–H groups in total. The number of carbonyl (C=O) groups is 1. The Labute approximate surface area is 88.2 Å². The highest BCUT2D eigenvalue weighted by molar-refractivity contribution is 5.85. The first kappa shape index (κ1) is 9.73. The maximum Gasteiger partial charge on any atom is 0.249 e. The molecule has 0 aliphatic heterocycles. The van der Waals surface area contributed by atoms with Gasteiger partial charge in [0.15, 0.2) is 0 Å². The van der Waals surface area contributed by atoms with Crippen LogP contribution in [-0.2, 0) is 4.79 Å². The number of ketones is 1. The van der Waals surface area contributed by atoms with Crippen LogP contribution in [0.2, 0.25) is 0 Å². The molecule has 1 nitrogen and oxygen atoms in total. The van der Waals surface area contributed by atoms with E-state index < -0.39 is 5.92 Å². The van der Waals surface area contributed by atoms with E-state index in [4.69, 9.17) is 0 Å². The molecule has 0 amide bonds. The summed E-state index contributed by atoms with van der Waals surface area (Å²) in [6.45, 7) is 0. The molecule has 3 rings (SSSR count). The first-order chi connectivity index (χ1) is 7.05. The van der Waals surface area contributed by atoms with Gasteiger partial charge in [-0.25, -0.2) is 8.78 Å². The summed E-state index contributed by atoms with van der Waals surface area (Å²) in [6.07, 6.45) is 4.23. The molecule has 0 aromatic rings. The molecular formula is C12H16F2O. The average Bonchev–Trinajstić information content (AvgIpc) is 2.73. The zero-order chi connectivity index (χ0) is 10.6. The van der Waals surface area contributed by atoms with Gasteiger partial charge in [0, 0.05) is 24.7 Å². The average molecular weight is 214 g/mol. The van der Waals surface area contributed by atoms with Crippen molar-refractivity contribution in [2.75, 3.05) is 0 Å². The van der Waals surface area contributed by atoms with Gasteiger partial charge >= 0.3 is 0 Å². The highest BCUT2D eigenvalue weighted by atomic mass is 19.3. The van der Waals surface area contributed by atoms with Crippen molar-refractivity contribution in [2.45, 2.75) is 44.4 Å². The fraction of sp³-hybridized carbons (Fsp3) is 0.917. The second kappa shape index (κ2) is 3.02. The van der Waals surface area contributed by atoms with E-state index in [1.54, 1.807) is 0 Å². The maximum absolute atomic E-state index is 12.7. The number of fused-ring (bicyclic) bond motifs is 2. The van der Waals surface area contributed by atoms with Crippen LogP contribution in [0.15, 0.2) is 0 Å². The third-order valence-corrected chi connectivity index (χ3v) is 4.60. The fourth-order valence-corrected chi connectivity index (χ4v) is 3.76. The molecule has 15 heavy (non-hydrogen) atoms. The topological polar surface area (TPSA) is 17.1 Å². The van der Waals surface area contributed by atoms with Crippen molar-refractivity contribution in [3.63, 3.8) is 0 Å². The number of hydrogen-bond donors (Lipinski definition) is 0. The Bertz CT molecular complexity index is 292.